The Morgan fingerprint density at radius 2 is 1.88 bits per heavy atom. The van der Waals surface area contributed by atoms with Crippen LogP contribution in [0.15, 0.2) is 46.9 Å². The van der Waals surface area contributed by atoms with E-state index in [2.05, 4.69) is 21.2 Å². The van der Waals surface area contributed by atoms with Gasteiger partial charge in [-0.2, -0.15) is 0 Å². The van der Waals surface area contributed by atoms with Crippen molar-refractivity contribution < 1.29 is 18.0 Å². The predicted octanol–water partition coefficient (Wildman–Crippen LogP) is 4.12. The van der Waals surface area contributed by atoms with Crippen LogP contribution in [0.3, 0.4) is 0 Å². The lowest BCUT2D eigenvalue weighted by Gasteiger charge is -2.29. The van der Waals surface area contributed by atoms with E-state index < -0.39 is 16.1 Å². The third-order valence-corrected chi connectivity index (χ3v) is 7.16. The molecule has 0 spiro atoms. The highest BCUT2D eigenvalue weighted by Gasteiger charge is 2.26. The van der Waals surface area contributed by atoms with Crippen LogP contribution in [0.1, 0.15) is 30.9 Å². The van der Waals surface area contributed by atoms with Gasteiger partial charge in [0, 0.05) is 36.1 Å². The van der Waals surface area contributed by atoms with Crippen LogP contribution in [0.4, 0.5) is 5.69 Å². The highest BCUT2D eigenvalue weighted by molar-refractivity contribution is 9.10. The molecule has 0 aliphatic heterocycles. The van der Waals surface area contributed by atoms with Gasteiger partial charge in [-0.3, -0.25) is 13.9 Å². The molecule has 180 valence electrons. The molecule has 7 nitrogen and oxygen atoms in total. The van der Waals surface area contributed by atoms with Gasteiger partial charge in [-0.1, -0.05) is 45.7 Å². The number of rotatable bonds is 10. The number of halogens is 2. The molecular formula is C23H29BrClN3O4S. The lowest BCUT2D eigenvalue weighted by atomic mass is 10.1. The summed E-state index contributed by atoms with van der Waals surface area (Å²) >= 11 is 9.50. The number of carbonyl (C=O) groups is 2. The third-order valence-electron chi connectivity index (χ3n) is 5.25. The fourth-order valence-corrected chi connectivity index (χ4v) is 5.08. The van der Waals surface area contributed by atoms with Gasteiger partial charge in [0.25, 0.3) is 0 Å². The van der Waals surface area contributed by atoms with Gasteiger partial charge in [0.05, 0.1) is 11.9 Å². The molecule has 1 atom stereocenters. The molecule has 0 radical (unpaired) electrons. The van der Waals surface area contributed by atoms with Crippen molar-refractivity contribution in [3.05, 3.63) is 63.1 Å². The van der Waals surface area contributed by atoms with E-state index in [-0.39, 0.29) is 37.7 Å². The third kappa shape index (κ3) is 7.72. The number of aryl methyl sites for hydroxylation is 1. The average molecular weight is 559 g/mol. The van der Waals surface area contributed by atoms with Gasteiger partial charge < -0.3 is 10.2 Å². The largest absolute Gasteiger partial charge is 0.357 e. The molecule has 0 unspecified atom stereocenters. The van der Waals surface area contributed by atoms with Gasteiger partial charge in [-0.05, 0) is 55.7 Å². The second-order valence-electron chi connectivity index (χ2n) is 7.81. The van der Waals surface area contributed by atoms with Crippen molar-refractivity contribution in [2.45, 2.75) is 39.3 Å². The highest BCUT2D eigenvalue weighted by Crippen LogP contribution is 2.27. The Kier molecular flexibility index (Phi) is 9.75. The summed E-state index contributed by atoms with van der Waals surface area (Å²) in [4.78, 5) is 26.9. The number of hydrogen-bond donors (Lipinski definition) is 1. The van der Waals surface area contributed by atoms with Crippen molar-refractivity contribution in [2.75, 3.05) is 24.2 Å². The number of benzene rings is 2. The zero-order valence-electron chi connectivity index (χ0n) is 19.1. The first-order valence-corrected chi connectivity index (χ1v) is 13.5. The summed E-state index contributed by atoms with van der Waals surface area (Å²) in [6.45, 7) is 3.85. The van der Waals surface area contributed by atoms with Crippen LogP contribution in [0.5, 0.6) is 0 Å². The second-order valence-corrected chi connectivity index (χ2v) is 11.1. The van der Waals surface area contributed by atoms with Crippen LogP contribution in [0.25, 0.3) is 0 Å². The molecule has 33 heavy (non-hydrogen) atoms. The number of likely N-dealkylation sites (N-methyl/N-ethyl adjacent to an activating group) is 1. The van der Waals surface area contributed by atoms with Crippen molar-refractivity contribution in [3.63, 3.8) is 0 Å². The number of carbonyl (C=O) groups excluding carboxylic acids is 2. The van der Waals surface area contributed by atoms with Gasteiger partial charge >= 0.3 is 0 Å². The van der Waals surface area contributed by atoms with Crippen molar-refractivity contribution >= 4 is 55.1 Å². The summed E-state index contributed by atoms with van der Waals surface area (Å²) in [6, 6.07) is 11.9. The molecule has 0 aromatic heterocycles. The number of nitrogens with zero attached hydrogens (tertiary/aromatic N) is 2. The Balaban J connectivity index is 2.18. The molecule has 2 amide bonds. The van der Waals surface area contributed by atoms with E-state index in [1.54, 1.807) is 32.0 Å². The summed E-state index contributed by atoms with van der Waals surface area (Å²) < 4.78 is 27.0. The zero-order valence-corrected chi connectivity index (χ0v) is 22.3. The summed E-state index contributed by atoms with van der Waals surface area (Å²) in [5, 5.41) is 3.01. The standard InChI is InChI=1S/C23H29BrClN3O4S/c1-16-10-11-20(25)14-21(16)28(33(4,31)32)12-6-9-22(29)27(17(2)23(30)26-3)15-18-7-5-8-19(24)13-18/h5,7-8,10-11,13-14,17H,6,9,12,15H2,1-4H3,(H,26,30)/t17-/m1/s1. The minimum atomic E-state index is -3.58. The van der Waals surface area contributed by atoms with E-state index in [1.165, 1.54) is 16.3 Å². The number of amides is 2. The Bertz CT molecular complexity index is 1110. The maximum atomic E-state index is 13.1. The minimum absolute atomic E-state index is 0.0843. The highest BCUT2D eigenvalue weighted by atomic mass is 79.9. The Morgan fingerprint density at radius 3 is 2.48 bits per heavy atom. The van der Waals surface area contributed by atoms with E-state index in [0.717, 1.165) is 21.9 Å². The molecule has 2 rings (SSSR count). The topological polar surface area (TPSA) is 86.8 Å². The lowest BCUT2D eigenvalue weighted by Crippen LogP contribution is -2.46. The molecule has 0 aliphatic rings. The minimum Gasteiger partial charge on any atom is -0.357 e. The SMILES string of the molecule is CNC(=O)[C@@H](C)N(Cc1cccc(Br)c1)C(=O)CCCN(c1cc(Cl)ccc1C)S(C)(=O)=O. The van der Waals surface area contributed by atoms with E-state index >= 15 is 0 Å². The van der Waals surface area contributed by atoms with Crippen LogP contribution >= 0.6 is 27.5 Å². The summed E-state index contributed by atoms with van der Waals surface area (Å²) in [6.07, 6.45) is 1.50. The first-order chi connectivity index (χ1) is 15.4. The van der Waals surface area contributed by atoms with Gasteiger partial charge in [-0.25, -0.2) is 8.42 Å². The zero-order chi connectivity index (χ0) is 24.8. The fraction of sp³-hybridized carbons (Fsp3) is 0.391. The molecular weight excluding hydrogens is 530 g/mol. The monoisotopic (exact) mass is 557 g/mol. The molecule has 10 heteroatoms. The smallest absolute Gasteiger partial charge is 0.242 e. The van der Waals surface area contributed by atoms with Gasteiger partial charge in [-0.15, -0.1) is 0 Å². The first kappa shape index (κ1) is 27.1. The van der Waals surface area contributed by atoms with Crippen molar-refractivity contribution in [1.82, 2.24) is 10.2 Å². The number of anilines is 1. The van der Waals surface area contributed by atoms with Crippen molar-refractivity contribution in [2.24, 2.45) is 0 Å². The average Bonchev–Trinajstić information content (AvgIpc) is 2.75. The lowest BCUT2D eigenvalue weighted by molar-refractivity contribution is -0.140. The number of hydrogen-bond acceptors (Lipinski definition) is 4. The maximum absolute atomic E-state index is 13.1. The molecule has 0 bridgehead atoms. The Hall–Kier alpha value is -2.10. The predicted molar refractivity (Wildman–Crippen MR) is 136 cm³/mol. The molecule has 2 aromatic carbocycles. The molecule has 0 fully saturated rings. The summed E-state index contributed by atoms with van der Waals surface area (Å²) in [5.41, 5.74) is 2.13. The Morgan fingerprint density at radius 1 is 1.18 bits per heavy atom. The van der Waals surface area contributed by atoms with Crippen LogP contribution in [-0.2, 0) is 26.2 Å². The van der Waals surface area contributed by atoms with Crippen LogP contribution in [-0.4, -0.2) is 51.0 Å². The molecule has 0 saturated heterocycles. The van der Waals surface area contributed by atoms with Crippen molar-refractivity contribution in [3.8, 4) is 0 Å². The normalized spacial score (nSPS) is 12.2. The molecule has 1 N–H and O–H groups in total. The van der Waals surface area contributed by atoms with Gasteiger partial charge in [0.1, 0.15) is 6.04 Å². The van der Waals surface area contributed by atoms with E-state index in [1.807, 2.05) is 24.3 Å². The van der Waals surface area contributed by atoms with Crippen LogP contribution in [0.2, 0.25) is 5.02 Å². The second kappa shape index (κ2) is 11.9. The van der Waals surface area contributed by atoms with E-state index in [0.29, 0.717) is 10.7 Å². The summed E-state index contributed by atoms with van der Waals surface area (Å²) in [7, 11) is -2.06. The number of nitrogens with one attached hydrogen (secondary N) is 1. The van der Waals surface area contributed by atoms with E-state index in [9.17, 15) is 18.0 Å². The molecule has 0 heterocycles. The molecule has 0 aliphatic carbocycles. The molecule has 0 saturated carbocycles. The quantitative estimate of drug-likeness (QED) is 0.475. The van der Waals surface area contributed by atoms with Gasteiger partial charge in [0.2, 0.25) is 21.8 Å². The fourth-order valence-electron chi connectivity index (χ4n) is 3.46. The van der Waals surface area contributed by atoms with Crippen LogP contribution < -0.4 is 9.62 Å². The molecule has 2 aromatic rings. The first-order valence-electron chi connectivity index (χ1n) is 10.4. The summed E-state index contributed by atoms with van der Waals surface area (Å²) in [5.74, 6) is -0.506. The maximum Gasteiger partial charge on any atom is 0.242 e. The van der Waals surface area contributed by atoms with Crippen molar-refractivity contribution in [1.29, 1.82) is 0 Å². The van der Waals surface area contributed by atoms with Gasteiger partial charge in [0.15, 0.2) is 0 Å². The van der Waals surface area contributed by atoms with E-state index in [4.69, 9.17) is 11.6 Å². The number of sulfonamides is 1. The Labute approximate surface area is 209 Å². The van der Waals surface area contributed by atoms with Crippen LogP contribution in [0, 0.1) is 6.92 Å².